The number of aliphatic hydroxyl groups excluding tert-OH is 1. The topological polar surface area (TPSA) is 60.9 Å². The minimum atomic E-state index is -0.146. The fourth-order valence-corrected chi connectivity index (χ4v) is 2.52. The predicted molar refractivity (Wildman–Crippen MR) is 67.9 cm³/mol. The Labute approximate surface area is 100 Å². The minimum Gasteiger partial charge on any atom is -0.393 e. The fraction of sp³-hybridized carbons (Fsp3) is 0.462. The van der Waals surface area contributed by atoms with Gasteiger partial charge in [-0.25, -0.2) is 4.98 Å². The molecule has 90 valence electrons. The number of aliphatic hydroxyl groups is 1. The van der Waals surface area contributed by atoms with Crippen molar-refractivity contribution in [1.82, 2.24) is 9.97 Å². The quantitative estimate of drug-likeness (QED) is 0.758. The van der Waals surface area contributed by atoms with Gasteiger partial charge in [-0.05, 0) is 25.0 Å². The highest BCUT2D eigenvalue weighted by Gasteiger charge is 2.24. The summed E-state index contributed by atoms with van der Waals surface area (Å²) in [5, 5.41) is 13.0. The van der Waals surface area contributed by atoms with E-state index in [9.17, 15) is 5.11 Å². The zero-order valence-corrected chi connectivity index (χ0v) is 9.69. The van der Waals surface area contributed by atoms with E-state index in [1.165, 1.54) is 0 Å². The number of para-hydroxylation sites is 2. The molecule has 1 aromatic carbocycles. The number of H-pyrrole nitrogens is 1. The molecule has 2 aromatic rings. The molecule has 17 heavy (non-hydrogen) atoms. The van der Waals surface area contributed by atoms with Gasteiger partial charge in [0.1, 0.15) is 0 Å². The molecule has 0 saturated heterocycles. The zero-order chi connectivity index (χ0) is 11.7. The number of anilines is 1. The van der Waals surface area contributed by atoms with Gasteiger partial charge in [0.05, 0.1) is 17.1 Å². The Balaban J connectivity index is 1.68. The van der Waals surface area contributed by atoms with Crippen molar-refractivity contribution in [3.05, 3.63) is 24.3 Å². The number of nitrogens with one attached hydrogen (secondary N) is 2. The molecule has 2 unspecified atom stereocenters. The van der Waals surface area contributed by atoms with Gasteiger partial charge in [0.2, 0.25) is 5.95 Å². The minimum absolute atomic E-state index is 0.146. The molecule has 4 nitrogen and oxygen atoms in total. The van der Waals surface area contributed by atoms with Crippen molar-refractivity contribution in [3.63, 3.8) is 0 Å². The summed E-state index contributed by atoms with van der Waals surface area (Å²) in [5.74, 6) is 1.16. The van der Waals surface area contributed by atoms with Gasteiger partial charge >= 0.3 is 0 Å². The lowest BCUT2D eigenvalue weighted by atomic mass is 10.1. The first-order valence-electron chi connectivity index (χ1n) is 6.19. The Morgan fingerprint density at radius 2 is 2.24 bits per heavy atom. The van der Waals surface area contributed by atoms with Crippen LogP contribution >= 0.6 is 0 Å². The average molecular weight is 231 g/mol. The van der Waals surface area contributed by atoms with Gasteiger partial charge in [0, 0.05) is 12.5 Å². The maximum Gasteiger partial charge on any atom is 0.201 e. The lowest BCUT2D eigenvalue weighted by molar-refractivity contribution is 0.138. The normalized spacial score (nSPS) is 24.3. The molecule has 0 spiro atoms. The van der Waals surface area contributed by atoms with E-state index in [4.69, 9.17) is 0 Å². The molecule has 2 atom stereocenters. The van der Waals surface area contributed by atoms with Gasteiger partial charge in [-0.3, -0.25) is 0 Å². The van der Waals surface area contributed by atoms with Crippen molar-refractivity contribution >= 4 is 17.0 Å². The summed E-state index contributed by atoms with van der Waals surface area (Å²) in [4.78, 5) is 7.68. The van der Waals surface area contributed by atoms with Crippen LogP contribution in [0, 0.1) is 5.92 Å². The number of hydrogen-bond acceptors (Lipinski definition) is 3. The molecule has 3 N–H and O–H groups in total. The first-order chi connectivity index (χ1) is 8.33. The fourth-order valence-electron chi connectivity index (χ4n) is 2.52. The number of fused-ring (bicyclic) bond motifs is 1. The SMILES string of the molecule is OC1CCCC1CNc1nc2ccccc2[nH]1. The monoisotopic (exact) mass is 231 g/mol. The molecular formula is C13H17N3O. The Morgan fingerprint density at radius 1 is 1.35 bits per heavy atom. The summed E-state index contributed by atoms with van der Waals surface area (Å²) in [7, 11) is 0. The Bertz CT molecular complexity index is 475. The largest absolute Gasteiger partial charge is 0.393 e. The number of aromatic nitrogens is 2. The van der Waals surface area contributed by atoms with Crippen molar-refractivity contribution in [1.29, 1.82) is 0 Å². The molecule has 0 aliphatic heterocycles. The van der Waals surface area contributed by atoms with Crippen LogP contribution in [-0.4, -0.2) is 27.7 Å². The number of benzene rings is 1. The van der Waals surface area contributed by atoms with Gasteiger partial charge in [-0.2, -0.15) is 0 Å². The Kier molecular flexibility index (Phi) is 2.73. The van der Waals surface area contributed by atoms with E-state index in [1.54, 1.807) is 0 Å². The van der Waals surface area contributed by atoms with Crippen molar-refractivity contribution in [2.24, 2.45) is 5.92 Å². The number of aromatic amines is 1. The molecule has 1 saturated carbocycles. The molecular weight excluding hydrogens is 214 g/mol. The van der Waals surface area contributed by atoms with Crippen LogP contribution < -0.4 is 5.32 Å². The number of hydrogen-bond donors (Lipinski definition) is 3. The molecule has 0 radical (unpaired) electrons. The molecule has 1 fully saturated rings. The van der Waals surface area contributed by atoms with Crippen LogP contribution in [0.25, 0.3) is 11.0 Å². The highest BCUT2D eigenvalue weighted by Crippen LogP contribution is 2.25. The number of nitrogens with zero attached hydrogens (tertiary/aromatic N) is 1. The standard InChI is InChI=1S/C13H17N3O/c17-12-7-3-4-9(12)8-14-13-15-10-5-1-2-6-11(10)16-13/h1-2,5-6,9,12,17H,3-4,7-8H2,(H2,14,15,16). The third-order valence-electron chi connectivity index (χ3n) is 3.54. The first kappa shape index (κ1) is 10.6. The van der Waals surface area contributed by atoms with E-state index in [1.807, 2.05) is 24.3 Å². The van der Waals surface area contributed by atoms with Crippen LogP contribution in [0.4, 0.5) is 5.95 Å². The van der Waals surface area contributed by atoms with E-state index in [0.717, 1.165) is 42.8 Å². The molecule has 1 heterocycles. The average Bonchev–Trinajstić information content (AvgIpc) is 2.92. The third kappa shape index (κ3) is 2.13. The van der Waals surface area contributed by atoms with Crippen LogP contribution in [0.2, 0.25) is 0 Å². The summed E-state index contributed by atoms with van der Waals surface area (Å²) in [6, 6.07) is 7.97. The number of rotatable bonds is 3. The molecule has 0 bridgehead atoms. The highest BCUT2D eigenvalue weighted by atomic mass is 16.3. The van der Waals surface area contributed by atoms with Crippen molar-refractivity contribution in [2.75, 3.05) is 11.9 Å². The van der Waals surface area contributed by atoms with Crippen LogP contribution in [0.15, 0.2) is 24.3 Å². The summed E-state index contributed by atoms with van der Waals surface area (Å²) in [5.41, 5.74) is 2.02. The van der Waals surface area contributed by atoms with Crippen LogP contribution in [0.1, 0.15) is 19.3 Å². The maximum atomic E-state index is 9.74. The highest BCUT2D eigenvalue weighted by molar-refractivity contribution is 5.77. The molecule has 1 aliphatic rings. The molecule has 4 heteroatoms. The van der Waals surface area contributed by atoms with Crippen LogP contribution in [0.5, 0.6) is 0 Å². The van der Waals surface area contributed by atoms with Gasteiger partial charge in [-0.1, -0.05) is 18.6 Å². The lowest BCUT2D eigenvalue weighted by Gasteiger charge is -2.14. The van der Waals surface area contributed by atoms with E-state index in [2.05, 4.69) is 15.3 Å². The number of imidazole rings is 1. The van der Waals surface area contributed by atoms with Gasteiger partial charge in [-0.15, -0.1) is 0 Å². The predicted octanol–water partition coefficient (Wildman–Crippen LogP) is 2.14. The van der Waals surface area contributed by atoms with Crippen LogP contribution in [0.3, 0.4) is 0 Å². The summed E-state index contributed by atoms with van der Waals surface area (Å²) >= 11 is 0. The van der Waals surface area contributed by atoms with E-state index < -0.39 is 0 Å². The van der Waals surface area contributed by atoms with Gasteiger partial charge in [0.15, 0.2) is 0 Å². The first-order valence-corrected chi connectivity index (χ1v) is 6.19. The Morgan fingerprint density at radius 3 is 3.00 bits per heavy atom. The third-order valence-corrected chi connectivity index (χ3v) is 3.54. The summed E-state index contributed by atoms with van der Waals surface area (Å²) in [6.45, 7) is 0.793. The van der Waals surface area contributed by atoms with Gasteiger partial charge < -0.3 is 15.4 Å². The molecule has 0 amide bonds. The Hall–Kier alpha value is -1.55. The maximum absolute atomic E-state index is 9.74. The lowest BCUT2D eigenvalue weighted by Crippen LogP contribution is -2.22. The summed E-state index contributed by atoms with van der Waals surface area (Å²) < 4.78 is 0. The van der Waals surface area contributed by atoms with E-state index in [-0.39, 0.29) is 6.10 Å². The second-order valence-electron chi connectivity index (χ2n) is 4.74. The van der Waals surface area contributed by atoms with Crippen molar-refractivity contribution in [2.45, 2.75) is 25.4 Å². The summed E-state index contributed by atoms with van der Waals surface area (Å²) in [6.07, 6.45) is 3.03. The second-order valence-corrected chi connectivity index (χ2v) is 4.74. The van der Waals surface area contributed by atoms with Gasteiger partial charge in [0.25, 0.3) is 0 Å². The zero-order valence-electron chi connectivity index (χ0n) is 9.69. The van der Waals surface area contributed by atoms with E-state index in [0.29, 0.717) is 5.92 Å². The van der Waals surface area contributed by atoms with Crippen molar-refractivity contribution < 1.29 is 5.11 Å². The molecule has 3 rings (SSSR count). The molecule has 1 aliphatic carbocycles. The second kappa shape index (κ2) is 4.37. The van der Waals surface area contributed by atoms with E-state index >= 15 is 0 Å². The molecule has 1 aromatic heterocycles. The smallest absolute Gasteiger partial charge is 0.201 e. The van der Waals surface area contributed by atoms with Crippen LogP contribution in [-0.2, 0) is 0 Å². The van der Waals surface area contributed by atoms with Crippen molar-refractivity contribution in [3.8, 4) is 0 Å².